The molecule has 0 fully saturated rings. The molecule has 1 aromatic heterocycles. The van der Waals surface area contributed by atoms with Crippen molar-refractivity contribution < 1.29 is 18.7 Å². The fourth-order valence-corrected chi connectivity index (χ4v) is 2.60. The van der Waals surface area contributed by atoms with E-state index in [4.69, 9.17) is 9.15 Å². The summed E-state index contributed by atoms with van der Waals surface area (Å²) in [6.07, 6.45) is 3.15. The van der Waals surface area contributed by atoms with E-state index in [1.165, 1.54) is 6.26 Å². The van der Waals surface area contributed by atoms with Gasteiger partial charge in [-0.1, -0.05) is 29.8 Å². The third kappa shape index (κ3) is 5.59. The van der Waals surface area contributed by atoms with E-state index < -0.39 is 5.91 Å². The number of aryl methyl sites for hydroxylation is 1. The summed E-state index contributed by atoms with van der Waals surface area (Å²) in [6, 6.07) is 17.8. The lowest BCUT2D eigenvalue weighted by Crippen LogP contribution is -2.34. The van der Waals surface area contributed by atoms with Crippen LogP contribution in [0.3, 0.4) is 0 Å². The van der Waals surface area contributed by atoms with Crippen molar-refractivity contribution in [3.05, 3.63) is 95.1 Å². The predicted octanol–water partition coefficient (Wildman–Crippen LogP) is 3.68. The van der Waals surface area contributed by atoms with Gasteiger partial charge in [0.25, 0.3) is 11.8 Å². The van der Waals surface area contributed by atoms with Gasteiger partial charge in [-0.05, 0) is 55.0 Å². The predicted molar refractivity (Wildman–Crippen MR) is 110 cm³/mol. The minimum absolute atomic E-state index is 0.132. The zero-order chi connectivity index (χ0) is 20.6. The van der Waals surface area contributed by atoms with E-state index >= 15 is 0 Å². The van der Waals surface area contributed by atoms with Crippen LogP contribution in [-0.2, 0) is 11.3 Å². The molecular weight excluding hydrogens is 368 g/mol. The number of hydrogen-bond acceptors (Lipinski definition) is 4. The summed E-state index contributed by atoms with van der Waals surface area (Å²) < 4.78 is 10.4. The molecule has 0 unspecified atom stereocenters. The summed E-state index contributed by atoms with van der Waals surface area (Å²) in [5.74, 6) is 0.539. The summed E-state index contributed by atoms with van der Waals surface area (Å²) in [4.78, 5) is 25.4. The second-order valence-corrected chi connectivity index (χ2v) is 6.41. The Balaban J connectivity index is 1.80. The normalized spacial score (nSPS) is 11.0. The lowest BCUT2D eigenvalue weighted by Gasteiger charge is -2.11. The van der Waals surface area contributed by atoms with Gasteiger partial charge in [-0.25, -0.2) is 0 Å². The van der Waals surface area contributed by atoms with Crippen LogP contribution in [0.1, 0.15) is 27.2 Å². The summed E-state index contributed by atoms with van der Waals surface area (Å²) in [5, 5.41) is 5.46. The van der Waals surface area contributed by atoms with Gasteiger partial charge in [0, 0.05) is 5.56 Å². The highest BCUT2D eigenvalue weighted by Gasteiger charge is 2.15. The molecule has 0 aliphatic rings. The Labute approximate surface area is 169 Å². The molecule has 0 spiro atoms. The van der Waals surface area contributed by atoms with Crippen LogP contribution in [0.5, 0.6) is 5.75 Å². The van der Waals surface area contributed by atoms with Crippen LogP contribution < -0.4 is 15.4 Å². The van der Waals surface area contributed by atoms with E-state index in [9.17, 15) is 9.59 Å². The van der Waals surface area contributed by atoms with Crippen LogP contribution in [0.15, 0.2) is 77.0 Å². The van der Waals surface area contributed by atoms with Crippen molar-refractivity contribution in [3.8, 4) is 5.75 Å². The number of hydrogen-bond donors (Lipinski definition) is 2. The monoisotopic (exact) mass is 390 g/mol. The van der Waals surface area contributed by atoms with Crippen molar-refractivity contribution in [2.45, 2.75) is 13.5 Å². The number of amides is 2. The first-order valence-electron chi connectivity index (χ1n) is 9.09. The molecule has 3 rings (SSSR count). The number of nitrogens with one attached hydrogen (secondary N) is 2. The van der Waals surface area contributed by atoms with Gasteiger partial charge in [0.2, 0.25) is 0 Å². The highest BCUT2D eigenvalue weighted by atomic mass is 16.5. The van der Waals surface area contributed by atoms with Crippen molar-refractivity contribution in [1.82, 2.24) is 10.6 Å². The average Bonchev–Trinajstić information content (AvgIpc) is 3.26. The molecule has 2 amide bonds. The first kappa shape index (κ1) is 19.9. The van der Waals surface area contributed by atoms with Crippen LogP contribution in [0.4, 0.5) is 0 Å². The Hall–Kier alpha value is -3.80. The highest BCUT2D eigenvalue weighted by Crippen LogP contribution is 2.14. The first-order chi connectivity index (χ1) is 14.0. The van der Waals surface area contributed by atoms with Gasteiger partial charge in [-0.2, -0.15) is 0 Å². The molecule has 0 saturated heterocycles. The van der Waals surface area contributed by atoms with E-state index in [0.29, 0.717) is 17.1 Å². The zero-order valence-electron chi connectivity index (χ0n) is 16.3. The molecule has 1 heterocycles. The van der Waals surface area contributed by atoms with Crippen LogP contribution in [-0.4, -0.2) is 18.9 Å². The zero-order valence-corrected chi connectivity index (χ0v) is 16.3. The van der Waals surface area contributed by atoms with Gasteiger partial charge in [-0.15, -0.1) is 0 Å². The molecular formula is C23H22N2O4. The molecule has 0 saturated carbocycles. The maximum Gasteiger partial charge on any atom is 0.268 e. The highest BCUT2D eigenvalue weighted by molar-refractivity contribution is 6.05. The van der Waals surface area contributed by atoms with Crippen LogP contribution in [0, 0.1) is 6.92 Å². The second-order valence-electron chi connectivity index (χ2n) is 6.41. The number of furan rings is 1. The maximum absolute atomic E-state index is 12.7. The first-order valence-corrected chi connectivity index (χ1v) is 9.09. The number of methoxy groups -OCH3 is 1. The van der Waals surface area contributed by atoms with Crippen LogP contribution >= 0.6 is 0 Å². The van der Waals surface area contributed by atoms with Crippen LogP contribution in [0.25, 0.3) is 6.08 Å². The number of rotatable bonds is 7. The van der Waals surface area contributed by atoms with Gasteiger partial charge >= 0.3 is 0 Å². The third-order valence-corrected chi connectivity index (χ3v) is 4.24. The van der Waals surface area contributed by atoms with E-state index in [2.05, 4.69) is 10.6 Å². The average molecular weight is 390 g/mol. The van der Waals surface area contributed by atoms with Crippen molar-refractivity contribution in [3.63, 3.8) is 0 Å². The fraction of sp³-hybridized carbons (Fsp3) is 0.130. The lowest BCUT2D eigenvalue weighted by molar-refractivity contribution is -0.118. The van der Waals surface area contributed by atoms with E-state index in [-0.39, 0.29) is 18.1 Å². The van der Waals surface area contributed by atoms with Gasteiger partial charge in [-0.3, -0.25) is 9.59 Å². The SMILES string of the molecule is COc1ccc(/C=C(\NC(=O)c2ccc(C)cc2)C(=O)NCc2ccco2)cc1. The molecule has 0 bridgehead atoms. The molecule has 6 nitrogen and oxygen atoms in total. The molecule has 2 aromatic carbocycles. The number of benzene rings is 2. The number of ether oxygens (including phenoxy) is 1. The van der Waals surface area contributed by atoms with E-state index in [1.54, 1.807) is 61.7 Å². The molecule has 0 aliphatic heterocycles. The van der Waals surface area contributed by atoms with Crippen LogP contribution in [0.2, 0.25) is 0 Å². The molecule has 0 atom stereocenters. The van der Waals surface area contributed by atoms with E-state index in [0.717, 1.165) is 11.1 Å². The standard InChI is InChI=1S/C23H22N2O4/c1-16-5-9-18(10-6-16)22(26)25-21(14-17-7-11-19(28-2)12-8-17)23(27)24-15-20-4-3-13-29-20/h3-14H,15H2,1-2H3,(H,24,27)(H,25,26)/b21-14-. The Bertz CT molecular complexity index is 988. The second kappa shape index (κ2) is 9.41. The largest absolute Gasteiger partial charge is 0.497 e. The Kier molecular flexibility index (Phi) is 6.47. The molecule has 148 valence electrons. The Morgan fingerprint density at radius 1 is 1.03 bits per heavy atom. The molecule has 2 N–H and O–H groups in total. The molecule has 29 heavy (non-hydrogen) atoms. The number of carbonyl (C=O) groups excluding carboxylic acids is 2. The smallest absolute Gasteiger partial charge is 0.268 e. The summed E-state index contributed by atoms with van der Waals surface area (Å²) in [6.45, 7) is 2.16. The summed E-state index contributed by atoms with van der Waals surface area (Å²) >= 11 is 0. The number of carbonyl (C=O) groups is 2. The molecule has 3 aromatic rings. The molecule has 0 radical (unpaired) electrons. The van der Waals surface area contributed by atoms with Crippen molar-refractivity contribution in [1.29, 1.82) is 0 Å². The van der Waals surface area contributed by atoms with Gasteiger partial charge < -0.3 is 19.8 Å². The maximum atomic E-state index is 12.7. The quantitative estimate of drug-likeness (QED) is 0.603. The Morgan fingerprint density at radius 3 is 2.38 bits per heavy atom. The Morgan fingerprint density at radius 2 is 1.76 bits per heavy atom. The molecule has 0 aliphatic carbocycles. The van der Waals surface area contributed by atoms with Crippen molar-refractivity contribution in [2.75, 3.05) is 7.11 Å². The lowest BCUT2D eigenvalue weighted by atomic mass is 10.1. The van der Waals surface area contributed by atoms with E-state index in [1.807, 2.05) is 19.1 Å². The molecule has 6 heteroatoms. The summed E-state index contributed by atoms with van der Waals surface area (Å²) in [7, 11) is 1.58. The minimum atomic E-state index is -0.419. The van der Waals surface area contributed by atoms with Gasteiger partial charge in [0.15, 0.2) is 0 Å². The third-order valence-electron chi connectivity index (χ3n) is 4.24. The summed E-state index contributed by atoms with van der Waals surface area (Å²) in [5.41, 5.74) is 2.40. The van der Waals surface area contributed by atoms with Gasteiger partial charge in [0.05, 0.1) is 19.9 Å². The topological polar surface area (TPSA) is 80.6 Å². The van der Waals surface area contributed by atoms with Crippen molar-refractivity contribution >= 4 is 17.9 Å². The van der Waals surface area contributed by atoms with Gasteiger partial charge in [0.1, 0.15) is 17.2 Å². The van der Waals surface area contributed by atoms with Crippen molar-refractivity contribution in [2.24, 2.45) is 0 Å². The minimum Gasteiger partial charge on any atom is -0.497 e. The fourth-order valence-electron chi connectivity index (χ4n) is 2.60.